The largest absolute Gasteiger partial charge is 0.494 e. The Kier molecular flexibility index (Phi) is 4.29. The molecule has 24 heavy (non-hydrogen) atoms. The van der Waals surface area contributed by atoms with Gasteiger partial charge in [-0.2, -0.15) is 5.10 Å². The predicted octanol–water partition coefficient (Wildman–Crippen LogP) is 2.74. The first-order valence-electron chi connectivity index (χ1n) is 8.70. The van der Waals surface area contributed by atoms with Crippen LogP contribution in [0.15, 0.2) is 36.7 Å². The topological polar surface area (TPSA) is 39.5 Å². The second-order valence-electron chi connectivity index (χ2n) is 6.96. The van der Waals surface area contributed by atoms with Crippen molar-refractivity contribution in [2.75, 3.05) is 27.3 Å². The summed E-state index contributed by atoms with van der Waals surface area (Å²) in [6.07, 6.45) is 7.16. The van der Waals surface area contributed by atoms with E-state index in [1.165, 1.54) is 18.4 Å². The number of likely N-dealkylation sites (tertiary alicyclic amines) is 1. The van der Waals surface area contributed by atoms with E-state index in [-0.39, 0.29) is 0 Å². The van der Waals surface area contributed by atoms with Crippen molar-refractivity contribution in [3.63, 3.8) is 0 Å². The molecule has 2 aliphatic rings. The van der Waals surface area contributed by atoms with Crippen LogP contribution in [0.4, 0.5) is 0 Å². The first kappa shape index (κ1) is 15.7. The van der Waals surface area contributed by atoms with Gasteiger partial charge < -0.3 is 9.47 Å². The fourth-order valence-corrected chi connectivity index (χ4v) is 4.43. The van der Waals surface area contributed by atoms with E-state index in [4.69, 9.17) is 9.47 Å². The maximum atomic E-state index is 5.71. The smallest absolute Gasteiger partial charge is 0.144 e. The molecule has 0 amide bonds. The third kappa shape index (κ3) is 2.82. The van der Waals surface area contributed by atoms with Crippen molar-refractivity contribution in [2.24, 2.45) is 11.8 Å². The van der Waals surface area contributed by atoms with Gasteiger partial charge >= 0.3 is 0 Å². The van der Waals surface area contributed by atoms with Crippen LogP contribution in [0.25, 0.3) is 5.69 Å². The highest BCUT2D eigenvalue weighted by atomic mass is 16.5. The molecule has 2 aromatic rings. The summed E-state index contributed by atoms with van der Waals surface area (Å²) in [6, 6.07) is 7.97. The molecule has 5 heteroatoms. The van der Waals surface area contributed by atoms with Crippen molar-refractivity contribution in [3.05, 3.63) is 42.2 Å². The molecule has 1 aliphatic carbocycles. The molecule has 1 saturated heterocycles. The molecule has 2 fully saturated rings. The van der Waals surface area contributed by atoms with Gasteiger partial charge in [0.2, 0.25) is 0 Å². The molecule has 0 radical (unpaired) electrons. The van der Waals surface area contributed by atoms with Gasteiger partial charge in [-0.05, 0) is 36.8 Å². The zero-order valence-electron chi connectivity index (χ0n) is 14.4. The fourth-order valence-electron chi connectivity index (χ4n) is 4.43. The molecule has 4 rings (SSSR count). The summed E-state index contributed by atoms with van der Waals surface area (Å²) in [7, 11) is 3.56. The Morgan fingerprint density at radius 2 is 1.88 bits per heavy atom. The standard InChI is InChI=1S/C19H25N3O2/c1-23-18-6-4-3-5-17(18)22-11-14(9-20-22)10-21-12-15-7-8-16(13-21)19(15)24-2/h3-6,9,11,15-16,19H,7-8,10,12-13H2,1-2H3/t15-,16+,19?. The summed E-state index contributed by atoms with van der Waals surface area (Å²) in [4.78, 5) is 2.56. The zero-order valence-corrected chi connectivity index (χ0v) is 14.4. The molecule has 0 N–H and O–H groups in total. The summed E-state index contributed by atoms with van der Waals surface area (Å²) >= 11 is 0. The molecule has 0 spiro atoms. The van der Waals surface area contributed by atoms with E-state index in [1.54, 1.807) is 7.11 Å². The molecule has 1 aromatic carbocycles. The Morgan fingerprint density at radius 1 is 1.12 bits per heavy atom. The number of ether oxygens (including phenoxy) is 2. The van der Waals surface area contributed by atoms with Gasteiger partial charge in [-0.1, -0.05) is 12.1 Å². The number of fused-ring (bicyclic) bond motifs is 2. The van der Waals surface area contributed by atoms with Crippen molar-refractivity contribution >= 4 is 0 Å². The molecule has 128 valence electrons. The highest BCUT2D eigenvalue weighted by molar-refractivity contribution is 5.46. The lowest BCUT2D eigenvalue weighted by Crippen LogP contribution is -2.44. The van der Waals surface area contributed by atoms with E-state index in [1.807, 2.05) is 42.3 Å². The summed E-state index contributed by atoms with van der Waals surface area (Å²) in [5, 5.41) is 4.53. The summed E-state index contributed by atoms with van der Waals surface area (Å²) in [5.74, 6) is 2.22. The number of rotatable bonds is 5. The van der Waals surface area contributed by atoms with Crippen LogP contribution in [-0.4, -0.2) is 48.1 Å². The van der Waals surface area contributed by atoms with Crippen LogP contribution >= 0.6 is 0 Å². The van der Waals surface area contributed by atoms with E-state index in [0.29, 0.717) is 17.9 Å². The van der Waals surface area contributed by atoms with E-state index >= 15 is 0 Å². The van der Waals surface area contributed by atoms with Crippen LogP contribution < -0.4 is 4.74 Å². The first-order chi connectivity index (χ1) is 11.8. The monoisotopic (exact) mass is 327 g/mol. The molecule has 3 atom stereocenters. The lowest BCUT2D eigenvalue weighted by Gasteiger charge is -2.37. The first-order valence-corrected chi connectivity index (χ1v) is 8.70. The lowest BCUT2D eigenvalue weighted by molar-refractivity contribution is -0.0180. The average molecular weight is 327 g/mol. The summed E-state index contributed by atoms with van der Waals surface area (Å²) in [6.45, 7) is 3.22. The van der Waals surface area contributed by atoms with E-state index in [2.05, 4.69) is 16.2 Å². The van der Waals surface area contributed by atoms with Gasteiger partial charge in [-0.15, -0.1) is 0 Å². The van der Waals surface area contributed by atoms with Gasteiger partial charge in [0.15, 0.2) is 0 Å². The van der Waals surface area contributed by atoms with Gasteiger partial charge in [-0.25, -0.2) is 4.68 Å². The predicted molar refractivity (Wildman–Crippen MR) is 92.4 cm³/mol. The number of aromatic nitrogens is 2. The van der Waals surface area contributed by atoms with Crippen molar-refractivity contribution in [1.82, 2.24) is 14.7 Å². The molecular formula is C19H25N3O2. The SMILES string of the molecule is COc1ccccc1-n1cc(CN2C[C@H]3CC[C@@H](C2)C3OC)cn1. The third-order valence-electron chi connectivity index (χ3n) is 5.47. The summed E-state index contributed by atoms with van der Waals surface area (Å²) in [5.41, 5.74) is 2.22. The Hall–Kier alpha value is -1.85. The Bertz CT molecular complexity index is 685. The maximum Gasteiger partial charge on any atom is 0.144 e. The van der Waals surface area contributed by atoms with E-state index < -0.39 is 0 Å². The molecule has 2 heterocycles. The third-order valence-corrected chi connectivity index (χ3v) is 5.47. The van der Waals surface area contributed by atoms with Crippen LogP contribution in [0.5, 0.6) is 5.75 Å². The number of nitrogens with zero attached hydrogens (tertiary/aromatic N) is 3. The van der Waals surface area contributed by atoms with Gasteiger partial charge in [0, 0.05) is 38.5 Å². The second-order valence-corrected chi connectivity index (χ2v) is 6.96. The highest BCUT2D eigenvalue weighted by Gasteiger charge is 2.42. The van der Waals surface area contributed by atoms with Crippen LogP contribution in [0.1, 0.15) is 18.4 Å². The minimum atomic E-state index is 0.470. The quantitative estimate of drug-likeness (QED) is 0.846. The van der Waals surface area contributed by atoms with Gasteiger partial charge in [0.05, 0.1) is 19.4 Å². The van der Waals surface area contributed by atoms with Gasteiger partial charge in [0.1, 0.15) is 11.4 Å². The number of para-hydroxylation sites is 2. The Morgan fingerprint density at radius 3 is 2.58 bits per heavy atom. The summed E-state index contributed by atoms with van der Waals surface area (Å²) < 4.78 is 13.0. The molecule has 1 aromatic heterocycles. The van der Waals surface area contributed by atoms with E-state index in [0.717, 1.165) is 31.1 Å². The minimum absolute atomic E-state index is 0.470. The number of hydrogen-bond donors (Lipinski definition) is 0. The zero-order chi connectivity index (χ0) is 16.5. The van der Waals surface area contributed by atoms with Crippen molar-refractivity contribution in [3.8, 4) is 11.4 Å². The molecule has 1 saturated carbocycles. The fraction of sp³-hybridized carbons (Fsp3) is 0.526. The average Bonchev–Trinajstić information content (AvgIpc) is 3.17. The number of piperidine rings is 1. The van der Waals surface area contributed by atoms with Crippen LogP contribution in [0.2, 0.25) is 0 Å². The van der Waals surface area contributed by atoms with Gasteiger partial charge in [-0.3, -0.25) is 4.90 Å². The van der Waals surface area contributed by atoms with Crippen molar-refractivity contribution in [2.45, 2.75) is 25.5 Å². The molecule has 2 bridgehead atoms. The van der Waals surface area contributed by atoms with Crippen LogP contribution in [-0.2, 0) is 11.3 Å². The van der Waals surface area contributed by atoms with Gasteiger partial charge in [0.25, 0.3) is 0 Å². The van der Waals surface area contributed by atoms with Crippen molar-refractivity contribution < 1.29 is 9.47 Å². The van der Waals surface area contributed by atoms with Crippen LogP contribution in [0.3, 0.4) is 0 Å². The van der Waals surface area contributed by atoms with E-state index in [9.17, 15) is 0 Å². The Labute approximate surface area is 143 Å². The normalized spacial score (nSPS) is 26.7. The Balaban J connectivity index is 1.47. The molecule has 1 unspecified atom stereocenters. The van der Waals surface area contributed by atoms with Crippen molar-refractivity contribution in [1.29, 1.82) is 0 Å². The molecule has 1 aliphatic heterocycles. The van der Waals surface area contributed by atoms with Crippen LogP contribution in [0, 0.1) is 11.8 Å². The number of methoxy groups -OCH3 is 2. The minimum Gasteiger partial charge on any atom is -0.494 e. The highest BCUT2D eigenvalue weighted by Crippen LogP contribution is 2.39. The molecule has 5 nitrogen and oxygen atoms in total. The lowest BCUT2D eigenvalue weighted by atomic mass is 9.94. The number of benzene rings is 1. The molecular weight excluding hydrogens is 302 g/mol. The second kappa shape index (κ2) is 6.57. The maximum absolute atomic E-state index is 5.71. The number of hydrogen-bond acceptors (Lipinski definition) is 4.